The SMILES string of the molecule is CC(=O)c1ccc(S(=O)(=O)N2CCC(C(=O)N=c3sc4ccccc4n3C)CC2)cc1. The number of piperidine rings is 1. The summed E-state index contributed by atoms with van der Waals surface area (Å²) >= 11 is 1.47. The van der Waals surface area contributed by atoms with Gasteiger partial charge < -0.3 is 4.57 Å². The summed E-state index contributed by atoms with van der Waals surface area (Å²) in [5, 5.41) is 0. The van der Waals surface area contributed by atoms with Gasteiger partial charge in [-0.15, -0.1) is 0 Å². The Labute approximate surface area is 184 Å². The van der Waals surface area contributed by atoms with Crippen LogP contribution in [0.5, 0.6) is 0 Å². The number of Topliss-reactive ketones (excluding diaryl/α,β-unsaturated/α-hetero) is 1. The molecular weight excluding hydrogens is 434 g/mol. The number of fused-ring (bicyclic) bond motifs is 1. The zero-order valence-electron chi connectivity index (χ0n) is 17.3. The van der Waals surface area contributed by atoms with E-state index in [1.165, 1.54) is 46.8 Å². The Balaban J connectivity index is 1.47. The van der Waals surface area contributed by atoms with Crippen molar-refractivity contribution in [1.82, 2.24) is 8.87 Å². The predicted molar refractivity (Wildman–Crippen MR) is 119 cm³/mol. The van der Waals surface area contributed by atoms with Crippen LogP contribution in [-0.4, -0.2) is 42.1 Å². The molecule has 1 fully saturated rings. The summed E-state index contributed by atoms with van der Waals surface area (Å²) in [6.07, 6.45) is 0.864. The van der Waals surface area contributed by atoms with Crippen molar-refractivity contribution in [3.05, 3.63) is 58.9 Å². The molecule has 2 aromatic carbocycles. The molecule has 31 heavy (non-hydrogen) atoms. The van der Waals surface area contributed by atoms with E-state index in [1.54, 1.807) is 0 Å². The molecule has 1 amide bonds. The molecular formula is C22H23N3O4S2. The number of aryl methyl sites for hydroxylation is 1. The summed E-state index contributed by atoms with van der Waals surface area (Å²) in [5.41, 5.74) is 1.50. The fraction of sp³-hybridized carbons (Fsp3) is 0.318. The third kappa shape index (κ3) is 4.26. The third-order valence-corrected chi connectivity index (χ3v) is 8.65. The molecule has 0 N–H and O–H groups in total. The maximum absolute atomic E-state index is 12.9. The molecule has 1 aliphatic rings. The summed E-state index contributed by atoms with van der Waals surface area (Å²) in [7, 11) is -1.77. The Morgan fingerprint density at radius 2 is 1.68 bits per heavy atom. The number of para-hydroxylation sites is 1. The molecule has 0 saturated carbocycles. The molecule has 3 aromatic rings. The standard InChI is InChI=1S/C22H23N3O4S2/c1-15(26)16-7-9-18(10-8-16)31(28,29)25-13-11-17(12-14-25)21(27)23-22-24(2)19-5-3-4-6-20(19)30-22/h3-10,17H,11-14H2,1-2H3. The van der Waals surface area contributed by atoms with E-state index in [1.807, 2.05) is 35.9 Å². The summed E-state index contributed by atoms with van der Waals surface area (Å²) in [6, 6.07) is 13.8. The number of ketones is 1. The first-order chi connectivity index (χ1) is 14.8. The van der Waals surface area contributed by atoms with Crippen molar-refractivity contribution in [2.45, 2.75) is 24.7 Å². The zero-order valence-corrected chi connectivity index (χ0v) is 18.9. The average Bonchev–Trinajstić information content (AvgIpc) is 3.09. The van der Waals surface area contributed by atoms with Gasteiger partial charge in [0.25, 0.3) is 5.91 Å². The minimum atomic E-state index is -3.66. The van der Waals surface area contributed by atoms with Crippen molar-refractivity contribution in [2.24, 2.45) is 18.0 Å². The molecule has 2 heterocycles. The van der Waals surface area contributed by atoms with E-state index in [2.05, 4.69) is 4.99 Å². The van der Waals surface area contributed by atoms with Gasteiger partial charge in [0.2, 0.25) is 10.0 Å². The summed E-state index contributed by atoms with van der Waals surface area (Å²) in [4.78, 5) is 29.3. The molecule has 0 unspecified atom stereocenters. The van der Waals surface area contributed by atoms with Crippen LogP contribution >= 0.6 is 11.3 Å². The number of carbonyl (C=O) groups excluding carboxylic acids is 2. The first-order valence-electron chi connectivity index (χ1n) is 10.0. The van der Waals surface area contributed by atoms with Crippen LogP contribution in [0.3, 0.4) is 0 Å². The molecule has 4 rings (SSSR count). The Morgan fingerprint density at radius 3 is 2.29 bits per heavy atom. The highest BCUT2D eigenvalue weighted by Crippen LogP contribution is 2.25. The second kappa shape index (κ2) is 8.49. The maximum atomic E-state index is 12.9. The lowest BCUT2D eigenvalue weighted by molar-refractivity contribution is -0.122. The predicted octanol–water partition coefficient (Wildman–Crippen LogP) is 2.97. The van der Waals surface area contributed by atoms with Gasteiger partial charge >= 0.3 is 0 Å². The Morgan fingerprint density at radius 1 is 1.03 bits per heavy atom. The van der Waals surface area contributed by atoms with Crippen molar-refractivity contribution in [3.63, 3.8) is 0 Å². The second-order valence-electron chi connectivity index (χ2n) is 7.62. The number of carbonyl (C=O) groups is 2. The highest BCUT2D eigenvalue weighted by molar-refractivity contribution is 7.89. The van der Waals surface area contributed by atoms with E-state index in [4.69, 9.17) is 0 Å². The number of nitrogens with zero attached hydrogens (tertiary/aromatic N) is 3. The van der Waals surface area contributed by atoms with E-state index < -0.39 is 10.0 Å². The smallest absolute Gasteiger partial charge is 0.251 e. The summed E-state index contributed by atoms with van der Waals surface area (Å²) < 4.78 is 30.2. The van der Waals surface area contributed by atoms with Crippen molar-refractivity contribution in [1.29, 1.82) is 0 Å². The van der Waals surface area contributed by atoms with E-state index in [0.717, 1.165) is 10.2 Å². The lowest BCUT2D eigenvalue weighted by Crippen LogP contribution is -2.40. The third-order valence-electron chi connectivity index (χ3n) is 5.62. The van der Waals surface area contributed by atoms with E-state index in [-0.39, 0.29) is 35.6 Å². The number of thiazole rings is 1. The fourth-order valence-electron chi connectivity index (χ4n) is 3.73. The normalized spacial score (nSPS) is 16.6. The number of hydrogen-bond acceptors (Lipinski definition) is 5. The van der Waals surface area contributed by atoms with Crippen LogP contribution in [0.4, 0.5) is 0 Å². The first kappa shape index (κ1) is 21.6. The van der Waals surface area contributed by atoms with Crippen molar-refractivity contribution >= 4 is 43.3 Å². The first-order valence-corrected chi connectivity index (χ1v) is 12.3. The Bertz CT molecular complexity index is 1310. The molecule has 0 radical (unpaired) electrons. The number of hydrogen-bond donors (Lipinski definition) is 0. The van der Waals surface area contributed by atoms with Crippen LogP contribution in [0.2, 0.25) is 0 Å². The van der Waals surface area contributed by atoms with Gasteiger partial charge in [-0.3, -0.25) is 9.59 Å². The van der Waals surface area contributed by atoms with E-state index >= 15 is 0 Å². The fourth-order valence-corrected chi connectivity index (χ4v) is 6.22. The Kier molecular flexibility index (Phi) is 5.92. The minimum absolute atomic E-state index is 0.112. The molecule has 9 heteroatoms. The van der Waals surface area contributed by atoms with Crippen molar-refractivity contribution < 1.29 is 18.0 Å². The van der Waals surface area contributed by atoms with Crippen LogP contribution < -0.4 is 4.80 Å². The van der Waals surface area contributed by atoms with Crippen molar-refractivity contribution in [2.75, 3.05) is 13.1 Å². The zero-order chi connectivity index (χ0) is 22.2. The van der Waals surface area contributed by atoms with Crippen LogP contribution in [0, 0.1) is 5.92 Å². The number of amides is 1. The summed E-state index contributed by atoms with van der Waals surface area (Å²) in [6.45, 7) is 1.97. The van der Waals surface area contributed by atoms with Crippen LogP contribution in [0.25, 0.3) is 10.2 Å². The lowest BCUT2D eigenvalue weighted by Gasteiger charge is -2.29. The van der Waals surface area contributed by atoms with Crippen LogP contribution in [0.1, 0.15) is 30.1 Å². The van der Waals surface area contributed by atoms with E-state index in [9.17, 15) is 18.0 Å². The van der Waals surface area contributed by atoms with Gasteiger partial charge in [-0.25, -0.2) is 8.42 Å². The van der Waals surface area contributed by atoms with Gasteiger partial charge in [0.1, 0.15) is 0 Å². The van der Waals surface area contributed by atoms with Gasteiger partial charge in [-0.05, 0) is 44.0 Å². The van der Waals surface area contributed by atoms with Gasteiger partial charge in [-0.1, -0.05) is 35.6 Å². The molecule has 0 aliphatic carbocycles. The number of rotatable bonds is 4. The highest BCUT2D eigenvalue weighted by atomic mass is 32.2. The van der Waals surface area contributed by atoms with Gasteiger partial charge in [-0.2, -0.15) is 9.30 Å². The highest BCUT2D eigenvalue weighted by Gasteiger charge is 2.32. The van der Waals surface area contributed by atoms with Crippen LogP contribution in [0.15, 0.2) is 58.4 Å². The molecule has 0 spiro atoms. The average molecular weight is 458 g/mol. The number of aromatic nitrogens is 1. The minimum Gasteiger partial charge on any atom is -0.319 e. The van der Waals surface area contributed by atoms with Crippen LogP contribution in [-0.2, 0) is 21.9 Å². The lowest BCUT2D eigenvalue weighted by atomic mass is 9.98. The van der Waals surface area contributed by atoms with Gasteiger partial charge in [0, 0.05) is 31.6 Å². The number of sulfonamides is 1. The largest absolute Gasteiger partial charge is 0.319 e. The topological polar surface area (TPSA) is 88.8 Å². The molecule has 162 valence electrons. The molecule has 7 nitrogen and oxygen atoms in total. The molecule has 1 aromatic heterocycles. The Hall–Kier alpha value is -2.62. The second-order valence-corrected chi connectivity index (χ2v) is 10.6. The molecule has 1 aliphatic heterocycles. The van der Waals surface area contributed by atoms with Gasteiger partial charge in [0.05, 0.1) is 15.1 Å². The quantitative estimate of drug-likeness (QED) is 0.564. The maximum Gasteiger partial charge on any atom is 0.251 e. The molecule has 0 atom stereocenters. The monoisotopic (exact) mass is 457 g/mol. The number of benzene rings is 2. The van der Waals surface area contributed by atoms with Gasteiger partial charge in [0.15, 0.2) is 10.6 Å². The van der Waals surface area contributed by atoms with Crippen molar-refractivity contribution in [3.8, 4) is 0 Å². The molecule has 0 bridgehead atoms. The summed E-state index contributed by atoms with van der Waals surface area (Å²) in [5.74, 6) is -0.610. The molecule has 1 saturated heterocycles. The van der Waals surface area contributed by atoms with E-state index in [0.29, 0.717) is 23.2 Å².